The van der Waals surface area contributed by atoms with Crippen LogP contribution in [-0.2, 0) is 19.3 Å². The van der Waals surface area contributed by atoms with Gasteiger partial charge < -0.3 is 15.2 Å². The van der Waals surface area contributed by atoms with E-state index < -0.39 is 16.7 Å². The van der Waals surface area contributed by atoms with Crippen molar-refractivity contribution in [3.63, 3.8) is 0 Å². The van der Waals surface area contributed by atoms with Crippen LogP contribution in [-0.4, -0.2) is 27.7 Å². The van der Waals surface area contributed by atoms with Gasteiger partial charge in [0.2, 0.25) is 0 Å². The summed E-state index contributed by atoms with van der Waals surface area (Å²) in [6.45, 7) is 2.27. The molecule has 2 N–H and O–H groups in total. The van der Waals surface area contributed by atoms with Gasteiger partial charge in [0, 0.05) is 59.0 Å². The number of benzene rings is 4. The Morgan fingerprint density at radius 1 is 0.977 bits per heavy atom. The normalized spacial score (nSPS) is 11.5. The quantitative estimate of drug-likeness (QED) is 0.0677. The minimum absolute atomic E-state index is 0.0274. The first-order valence-corrected chi connectivity index (χ1v) is 14.8. The Labute approximate surface area is 256 Å². The van der Waals surface area contributed by atoms with E-state index >= 15 is 0 Å². The molecule has 0 spiro atoms. The van der Waals surface area contributed by atoms with E-state index in [1.165, 1.54) is 12.1 Å². The van der Waals surface area contributed by atoms with Crippen molar-refractivity contribution in [3.8, 4) is 0 Å². The molecule has 0 unspecified atom stereocenters. The molecule has 1 aromatic heterocycles. The van der Waals surface area contributed by atoms with Gasteiger partial charge in [-0.3, -0.25) is 14.9 Å². The number of hydrogen-bond acceptors (Lipinski definition) is 5. The summed E-state index contributed by atoms with van der Waals surface area (Å²) in [6, 6.07) is 25.7. The van der Waals surface area contributed by atoms with Gasteiger partial charge in [0.05, 0.1) is 10.5 Å². The minimum Gasteiger partial charge on any atom is -0.379 e. The molecule has 4 aromatic carbocycles. The van der Waals surface area contributed by atoms with Crippen LogP contribution in [0.15, 0.2) is 102 Å². The summed E-state index contributed by atoms with van der Waals surface area (Å²) in [4.78, 5) is 25.3. The van der Waals surface area contributed by atoms with Gasteiger partial charge in [0.1, 0.15) is 5.69 Å². The third-order valence-electron chi connectivity index (χ3n) is 7.09. The number of thioether (sulfide) groups is 1. The monoisotopic (exact) mass is 618 g/mol. The van der Waals surface area contributed by atoms with E-state index in [1.54, 1.807) is 71.9 Å². The van der Waals surface area contributed by atoms with E-state index in [2.05, 4.69) is 10.6 Å². The van der Waals surface area contributed by atoms with Gasteiger partial charge in [0.25, 0.3) is 11.6 Å². The fraction of sp³-hybridized carbons (Fsp3) is 0.182. The molecule has 5 rings (SSSR count). The molecule has 0 saturated heterocycles. The summed E-state index contributed by atoms with van der Waals surface area (Å²) in [5, 5.41) is 18.3. The predicted octanol–water partition coefficient (Wildman–Crippen LogP) is 8.06. The molecule has 0 atom stereocenters. The molecule has 7 nitrogen and oxygen atoms in total. The van der Waals surface area contributed by atoms with Crippen LogP contribution in [0.3, 0.4) is 0 Å². The zero-order chi connectivity index (χ0) is 31.3. The maximum absolute atomic E-state index is 13.6. The standard InChI is InChI=1S/C33H29F3N4O3S/c1-22-7-9-26(28(17-22)33(34,35)36)21-39-15-13-24-19-25(10-12-30(24)39)32(41)38-20-23-8-11-29(31(18-23)40(42)43)37-14-16-44-27-5-3-2-4-6-27/h2-13,15,17-19,37H,14,16,20-21H2,1H3,(H,38,41). The SMILES string of the molecule is Cc1ccc(Cn2ccc3cc(C(=O)NCc4ccc(NCCSc5ccccc5)c([N+](=O)[O-])c4)ccc32)c(C(F)(F)F)c1. The first-order valence-electron chi connectivity index (χ1n) is 13.8. The number of hydrogen-bond donors (Lipinski definition) is 2. The summed E-state index contributed by atoms with van der Waals surface area (Å²) in [6.07, 6.45) is -2.77. The van der Waals surface area contributed by atoms with Crippen molar-refractivity contribution < 1.29 is 22.9 Å². The number of nitro benzene ring substituents is 1. The third-order valence-corrected chi connectivity index (χ3v) is 8.10. The summed E-state index contributed by atoms with van der Waals surface area (Å²) in [7, 11) is 0. The maximum atomic E-state index is 13.6. The zero-order valence-electron chi connectivity index (χ0n) is 23.7. The zero-order valence-corrected chi connectivity index (χ0v) is 24.5. The number of carbonyl (C=O) groups excluding carboxylic acids is 1. The number of anilines is 1. The summed E-state index contributed by atoms with van der Waals surface area (Å²) in [5.41, 5.74) is 1.98. The van der Waals surface area contributed by atoms with Crippen molar-refractivity contribution in [3.05, 3.63) is 135 Å². The Morgan fingerprint density at radius 2 is 1.77 bits per heavy atom. The number of alkyl halides is 3. The van der Waals surface area contributed by atoms with Gasteiger partial charge in [-0.1, -0.05) is 42.0 Å². The molecule has 0 saturated carbocycles. The highest BCUT2D eigenvalue weighted by Crippen LogP contribution is 2.34. The molecule has 0 bridgehead atoms. The number of nitro groups is 1. The minimum atomic E-state index is -4.46. The number of nitrogens with one attached hydrogen (secondary N) is 2. The Balaban J connectivity index is 1.22. The molecule has 0 fully saturated rings. The molecular weight excluding hydrogens is 589 g/mol. The van der Waals surface area contributed by atoms with Crippen LogP contribution in [0.25, 0.3) is 10.9 Å². The molecule has 0 aliphatic rings. The Kier molecular flexibility index (Phi) is 9.24. The fourth-order valence-corrected chi connectivity index (χ4v) is 5.69. The van der Waals surface area contributed by atoms with Gasteiger partial charge in [-0.05, 0) is 66.6 Å². The highest BCUT2D eigenvalue weighted by Gasteiger charge is 2.33. The highest BCUT2D eigenvalue weighted by molar-refractivity contribution is 7.99. The topological polar surface area (TPSA) is 89.2 Å². The second-order valence-corrected chi connectivity index (χ2v) is 11.4. The van der Waals surface area contributed by atoms with Crippen LogP contribution in [0.5, 0.6) is 0 Å². The molecule has 44 heavy (non-hydrogen) atoms. The number of aromatic nitrogens is 1. The molecule has 226 valence electrons. The second kappa shape index (κ2) is 13.3. The van der Waals surface area contributed by atoms with Gasteiger partial charge in [-0.15, -0.1) is 11.8 Å². The number of carbonyl (C=O) groups is 1. The molecule has 5 aromatic rings. The van der Waals surface area contributed by atoms with Crippen molar-refractivity contribution >= 4 is 39.9 Å². The van der Waals surface area contributed by atoms with Crippen LogP contribution in [0.1, 0.15) is 32.6 Å². The molecular formula is C33H29F3N4O3S. The predicted molar refractivity (Wildman–Crippen MR) is 167 cm³/mol. The third kappa shape index (κ3) is 7.41. The first-order chi connectivity index (χ1) is 21.1. The molecule has 11 heteroatoms. The van der Waals surface area contributed by atoms with Gasteiger partial charge in [0.15, 0.2) is 0 Å². The van der Waals surface area contributed by atoms with Crippen LogP contribution < -0.4 is 10.6 Å². The van der Waals surface area contributed by atoms with Crippen molar-refractivity contribution in [1.29, 1.82) is 0 Å². The van der Waals surface area contributed by atoms with E-state index in [9.17, 15) is 28.1 Å². The fourth-order valence-electron chi connectivity index (χ4n) is 4.90. The Hall–Kier alpha value is -4.77. The Bertz CT molecular complexity index is 1810. The van der Waals surface area contributed by atoms with E-state index in [-0.39, 0.29) is 30.2 Å². The van der Waals surface area contributed by atoms with Crippen molar-refractivity contribution in [2.75, 3.05) is 17.6 Å². The molecule has 1 amide bonds. The van der Waals surface area contributed by atoms with Crippen LogP contribution in [0.2, 0.25) is 0 Å². The Morgan fingerprint density at radius 3 is 2.52 bits per heavy atom. The van der Waals surface area contributed by atoms with Gasteiger partial charge >= 0.3 is 6.18 Å². The lowest BCUT2D eigenvalue weighted by atomic mass is 10.0. The average molecular weight is 619 g/mol. The number of rotatable bonds is 11. The molecule has 0 radical (unpaired) electrons. The summed E-state index contributed by atoms with van der Waals surface area (Å²) in [5.74, 6) is 0.355. The van der Waals surface area contributed by atoms with E-state index in [0.29, 0.717) is 39.8 Å². The largest absolute Gasteiger partial charge is 0.416 e. The number of amides is 1. The van der Waals surface area contributed by atoms with E-state index in [4.69, 9.17) is 0 Å². The summed E-state index contributed by atoms with van der Waals surface area (Å²) >= 11 is 1.65. The highest BCUT2D eigenvalue weighted by atomic mass is 32.2. The lowest BCUT2D eigenvalue weighted by Crippen LogP contribution is -2.22. The average Bonchev–Trinajstić information content (AvgIpc) is 3.41. The molecule has 0 aliphatic heterocycles. The van der Waals surface area contributed by atoms with E-state index in [0.717, 1.165) is 16.7 Å². The molecule has 0 aliphatic carbocycles. The number of fused-ring (bicyclic) bond motifs is 1. The smallest absolute Gasteiger partial charge is 0.379 e. The second-order valence-electron chi connectivity index (χ2n) is 10.3. The number of halogens is 3. The lowest BCUT2D eigenvalue weighted by Gasteiger charge is -2.15. The summed E-state index contributed by atoms with van der Waals surface area (Å²) < 4.78 is 42.6. The van der Waals surface area contributed by atoms with Crippen LogP contribution in [0, 0.1) is 17.0 Å². The van der Waals surface area contributed by atoms with Crippen molar-refractivity contribution in [2.45, 2.75) is 31.1 Å². The van der Waals surface area contributed by atoms with Gasteiger partial charge in [-0.2, -0.15) is 13.2 Å². The van der Waals surface area contributed by atoms with E-state index in [1.807, 2.05) is 30.3 Å². The van der Waals surface area contributed by atoms with Crippen LogP contribution >= 0.6 is 11.8 Å². The maximum Gasteiger partial charge on any atom is 0.416 e. The van der Waals surface area contributed by atoms with Crippen molar-refractivity contribution in [1.82, 2.24) is 9.88 Å². The molecule has 1 heterocycles. The van der Waals surface area contributed by atoms with Crippen LogP contribution in [0.4, 0.5) is 24.5 Å². The number of nitrogens with zero attached hydrogens (tertiary/aromatic N) is 2. The number of aryl methyl sites for hydroxylation is 1. The van der Waals surface area contributed by atoms with Gasteiger partial charge in [-0.25, -0.2) is 0 Å². The first kappa shape index (κ1) is 30.7. The lowest BCUT2D eigenvalue weighted by molar-refractivity contribution is -0.384. The van der Waals surface area contributed by atoms with Crippen molar-refractivity contribution in [2.24, 2.45) is 0 Å².